The molecule has 0 bridgehead atoms. The van der Waals surface area contributed by atoms with E-state index in [1.807, 2.05) is 0 Å². The van der Waals surface area contributed by atoms with Gasteiger partial charge in [0.25, 0.3) is 0 Å². The van der Waals surface area contributed by atoms with Crippen LogP contribution in [0.5, 0.6) is 0 Å². The number of hydrogen-bond donors (Lipinski definition) is 0. The van der Waals surface area contributed by atoms with Gasteiger partial charge < -0.3 is 0 Å². The first-order valence-corrected chi connectivity index (χ1v) is 2.75. The second-order valence-electron chi connectivity index (χ2n) is 0.408. The molecule has 7 heavy (non-hydrogen) atoms. The van der Waals surface area contributed by atoms with E-state index >= 15 is 0 Å². The monoisotopic (exact) mass is 290 g/mol. The molecular weight excluding hydrogens is 289 g/mol. The molecule has 0 unspecified atom stereocenters. The Bertz CT molecular complexity index is 94.9. The average molecular weight is 290 g/mol. The molecule has 0 heterocycles. The molecule has 0 spiro atoms. The molecule has 0 aromatic rings. The molecule has 0 radical (unpaired) electrons. The molecule has 0 aromatic carbocycles. The topological polar surface area (TPSA) is 80.3 Å². The Morgan fingerprint density at radius 2 is 1.14 bits per heavy atom. The van der Waals surface area contributed by atoms with Gasteiger partial charge in [-0.25, -0.2) is 0 Å². The van der Waals surface area contributed by atoms with Gasteiger partial charge in [-0.1, -0.05) is 0 Å². The number of hydrogen-bond acceptors (Lipinski definition) is 4. The van der Waals surface area contributed by atoms with Crippen LogP contribution in [0.2, 0.25) is 0 Å². The van der Waals surface area contributed by atoms with Crippen molar-refractivity contribution in [3.8, 4) is 0 Å². The maximum atomic E-state index is 8.59. The Labute approximate surface area is 89.2 Å². The summed E-state index contributed by atoms with van der Waals surface area (Å²) in [5.41, 5.74) is 0. The molecule has 0 saturated heterocycles. The van der Waals surface area contributed by atoms with Crippen LogP contribution in [0.3, 0.4) is 0 Å². The van der Waals surface area contributed by atoms with Crippen LogP contribution in [-0.2, 0) is 21.2 Å². The zero-order valence-electron chi connectivity index (χ0n) is 3.16. The summed E-state index contributed by atoms with van der Waals surface area (Å²) in [4.78, 5) is 0. The van der Waals surface area contributed by atoms with Gasteiger partial charge >= 0.3 is 78.4 Å². The molecule has 0 amide bonds. The summed E-state index contributed by atoms with van der Waals surface area (Å²) in [5, 5.41) is 0. The SMILES string of the molecule is Cl.[Ba+2].[O]=[Cr](=[O])([O-])[O-]. The van der Waals surface area contributed by atoms with E-state index in [-0.39, 0.29) is 61.3 Å². The minimum absolute atomic E-state index is 0. The number of halogens is 1. The van der Waals surface area contributed by atoms with E-state index in [1.54, 1.807) is 0 Å². The fraction of sp³-hybridized carbons (Fsp3) is 0. The van der Waals surface area contributed by atoms with E-state index in [1.165, 1.54) is 0 Å². The van der Waals surface area contributed by atoms with Crippen molar-refractivity contribution in [3.63, 3.8) is 0 Å². The Morgan fingerprint density at radius 1 is 1.14 bits per heavy atom. The van der Waals surface area contributed by atoms with Crippen molar-refractivity contribution in [2.24, 2.45) is 0 Å². The molecule has 0 aliphatic rings. The van der Waals surface area contributed by atoms with Gasteiger partial charge in [0.1, 0.15) is 0 Å². The van der Waals surface area contributed by atoms with Crippen LogP contribution < -0.4 is 8.32 Å². The zero-order chi connectivity index (χ0) is 4.50. The first kappa shape index (κ1) is 16.0. The summed E-state index contributed by atoms with van der Waals surface area (Å²) in [7, 11) is 0. The summed E-state index contributed by atoms with van der Waals surface area (Å²) >= 11 is -5.75. The van der Waals surface area contributed by atoms with Gasteiger partial charge in [-0.05, 0) is 0 Å². The van der Waals surface area contributed by atoms with Crippen molar-refractivity contribution in [1.29, 1.82) is 0 Å². The van der Waals surface area contributed by atoms with Crippen molar-refractivity contribution in [2.45, 2.75) is 0 Å². The van der Waals surface area contributed by atoms with Gasteiger partial charge in [0.2, 0.25) is 0 Å². The third-order valence-electron chi connectivity index (χ3n) is 0. The molecule has 40 valence electrons. The summed E-state index contributed by atoms with van der Waals surface area (Å²) in [6, 6.07) is 0. The van der Waals surface area contributed by atoms with Crippen molar-refractivity contribution in [2.75, 3.05) is 0 Å². The molecule has 0 aliphatic heterocycles. The fourth-order valence-corrected chi connectivity index (χ4v) is 0. The first-order chi connectivity index (χ1) is 2.00. The van der Waals surface area contributed by atoms with Crippen molar-refractivity contribution >= 4 is 61.3 Å². The minimum atomic E-state index is -5.75. The molecular formula is HBaClCrO4. The van der Waals surface area contributed by atoms with Crippen LogP contribution in [0.15, 0.2) is 0 Å². The fourth-order valence-electron chi connectivity index (χ4n) is 0. The molecule has 0 fully saturated rings. The zero-order valence-corrected chi connectivity index (χ0v) is 9.69. The molecule has 0 rings (SSSR count). The van der Waals surface area contributed by atoms with Gasteiger partial charge in [0.15, 0.2) is 0 Å². The van der Waals surface area contributed by atoms with Crippen LogP contribution in [-0.4, -0.2) is 48.9 Å². The Kier molecular flexibility index (Phi) is 13.8. The normalized spacial score (nSPS) is 8.29. The van der Waals surface area contributed by atoms with Gasteiger partial charge in [-0.3, -0.25) is 0 Å². The molecule has 0 aliphatic carbocycles. The van der Waals surface area contributed by atoms with Crippen LogP contribution in [0.25, 0.3) is 0 Å². The van der Waals surface area contributed by atoms with Crippen LogP contribution >= 0.6 is 12.4 Å². The summed E-state index contributed by atoms with van der Waals surface area (Å²) in [6.45, 7) is 0. The molecule has 0 N–H and O–H groups in total. The van der Waals surface area contributed by atoms with Gasteiger partial charge in [-0.2, -0.15) is 0 Å². The van der Waals surface area contributed by atoms with Crippen molar-refractivity contribution in [1.82, 2.24) is 0 Å². The van der Waals surface area contributed by atoms with E-state index in [4.69, 9.17) is 15.9 Å². The quantitative estimate of drug-likeness (QED) is 0.459. The molecule has 0 saturated carbocycles. The van der Waals surface area contributed by atoms with E-state index in [2.05, 4.69) is 0 Å². The third kappa shape index (κ3) is 75.6. The van der Waals surface area contributed by atoms with E-state index in [0.717, 1.165) is 0 Å². The Morgan fingerprint density at radius 3 is 1.14 bits per heavy atom. The summed E-state index contributed by atoms with van der Waals surface area (Å²) in [5.74, 6) is 0. The van der Waals surface area contributed by atoms with Crippen LogP contribution in [0, 0.1) is 0 Å². The summed E-state index contributed by atoms with van der Waals surface area (Å²) < 4.78 is 34.4. The molecule has 4 nitrogen and oxygen atoms in total. The standard InChI is InChI=1S/Ba.ClH.Cr.4O/h;1H;;;;;/q+2;;;;;2*-1. The molecule has 7 heteroatoms. The Hall–Kier alpha value is 1.91. The van der Waals surface area contributed by atoms with Gasteiger partial charge in [0, 0.05) is 0 Å². The van der Waals surface area contributed by atoms with Crippen LogP contribution in [0.4, 0.5) is 0 Å². The number of rotatable bonds is 0. The van der Waals surface area contributed by atoms with Gasteiger partial charge in [-0.15, -0.1) is 12.4 Å². The maximum absolute atomic E-state index is 8.59. The summed E-state index contributed by atoms with van der Waals surface area (Å²) in [6.07, 6.45) is 0. The van der Waals surface area contributed by atoms with Crippen molar-refractivity contribution < 1.29 is 29.5 Å². The molecule has 0 aromatic heterocycles. The first-order valence-electron chi connectivity index (χ1n) is 0.667. The molecule has 0 atom stereocenters. The predicted octanol–water partition coefficient (Wildman–Crippen LogP) is -2.58. The second-order valence-corrected chi connectivity index (χ2v) is 1.68. The third-order valence-corrected chi connectivity index (χ3v) is 0. The van der Waals surface area contributed by atoms with Crippen LogP contribution in [0.1, 0.15) is 0 Å². The average Bonchev–Trinajstić information content (AvgIpc) is 0.722. The van der Waals surface area contributed by atoms with E-state index < -0.39 is 13.6 Å². The van der Waals surface area contributed by atoms with E-state index in [0.29, 0.717) is 0 Å². The predicted molar refractivity (Wildman–Crippen MR) is 14.4 cm³/mol. The second kappa shape index (κ2) is 6.04. The van der Waals surface area contributed by atoms with E-state index in [9.17, 15) is 0 Å². The van der Waals surface area contributed by atoms with Gasteiger partial charge in [0.05, 0.1) is 0 Å². The van der Waals surface area contributed by atoms with Crippen molar-refractivity contribution in [3.05, 3.63) is 0 Å². The Balaban J connectivity index is -0.0000000800.